The summed E-state index contributed by atoms with van der Waals surface area (Å²) in [6, 6.07) is 1.41. The average Bonchev–Trinajstić information content (AvgIpc) is 1.83. The van der Waals surface area contributed by atoms with Crippen molar-refractivity contribution in [2.75, 3.05) is 20.1 Å². The van der Waals surface area contributed by atoms with Gasteiger partial charge in [0.15, 0.2) is 0 Å². The Morgan fingerprint density at radius 2 is 1.67 bits per heavy atom. The van der Waals surface area contributed by atoms with Gasteiger partial charge >= 0.3 is 0 Å². The number of hydrogen-bond acceptors (Lipinski definition) is 2. The van der Waals surface area contributed by atoms with Crippen LogP contribution >= 0.6 is 0 Å². The normalized spacial score (nSPS) is 39.0. The predicted octanol–water partition coefficient (Wildman–Crippen LogP) is 0.298. The highest BCUT2D eigenvalue weighted by Gasteiger charge is 2.19. The first kappa shape index (κ1) is 7.03. The molecule has 0 radical (unpaired) electrons. The number of rotatable bonds is 0. The Morgan fingerprint density at radius 3 is 2.00 bits per heavy atom. The van der Waals surface area contributed by atoms with Gasteiger partial charge in [0, 0.05) is 25.2 Å². The Balaban J connectivity index is 2.41. The maximum atomic E-state index is 3.37. The summed E-state index contributed by atoms with van der Waals surface area (Å²) in [6.45, 7) is 6.78. The molecule has 0 saturated carbocycles. The number of piperazine rings is 1. The molecule has 1 saturated heterocycles. The van der Waals surface area contributed by atoms with Gasteiger partial charge in [-0.25, -0.2) is 0 Å². The van der Waals surface area contributed by atoms with Crippen LogP contribution < -0.4 is 5.32 Å². The van der Waals surface area contributed by atoms with E-state index in [1.54, 1.807) is 0 Å². The van der Waals surface area contributed by atoms with Gasteiger partial charge in [0.25, 0.3) is 0 Å². The summed E-state index contributed by atoms with van der Waals surface area (Å²) in [5.74, 6) is 0. The lowest BCUT2D eigenvalue weighted by molar-refractivity contribution is 0.152. The van der Waals surface area contributed by atoms with Crippen molar-refractivity contribution in [3.05, 3.63) is 0 Å². The first-order valence-electron chi connectivity index (χ1n) is 3.64. The van der Waals surface area contributed by atoms with E-state index in [0.717, 1.165) is 13.1 Å². The summed E-state index contributed by atoms with van der Waals surface area (Å²) >= 11 is 0. The minimum atomic E-state index is 0.703. The largest absolute Gasteiger partial charge is 0.314 e. The molecular formula is C7H16N2. The highest BCUT2D eigenvalue weighted by molar-refractivity contribution is 4.79. The number of nitrogens with zero attached hydrogens (tertiary/aromatic N) is 1. The maximum absolute atomic E-state index is 3.37. The van der Waals surface area contributed by atoms with Crippen molar-refractivity contribution in [3.8, 4) is 0 Å². The van der Waals surface area contributed by atoms with Crippen LogP contribution in [0, 0.1) is 0 Å². The zero-order chi connectivity index (χ0) is 6.85. The molecule has 1 aliphatic heterocycles. The molecule has 0 aromatic rings. The molecule has 1 N–H and O–H groups in total. The van der Waals surface area contributed by atoms with Crippen LogP contribution in [-0.4, -0.2) is 37.1 Å². The van der Waals surface area contributed by atoms with Gasteiger partial charge in [-0.15, -0.1) is 0 Å². The van der Waals surface area contributed by atoms with Crippen molar-refractivity contribution in [2.45, 2.75) is 25.9 Å². The second-order valence-electron chi connectivity index (χ2n) is 3.02. The van der Waals surface area contributed by atoms with E-state index in [1.165, 1.54) is 0 Å². The van der Waals surface area contributed by atoms with E-state index in [-0.39, 0.29) is 0 Å². The highest BCUT2D eigenvalue weighted by atomic mass is 15.2. The second kappa shape index (κ2) is 2.67. The molecule has 0 aromatic carbocycles. The fourth-order valence-electron chi connectivity index (χ4n) is 1.22. The standard InChI is InChI=1S/C7H16N2/c1-6-4-8-5-7(2)9(6)3/h6-8H,4-5H2,1-3H3. The lowest BCUT2D eigenvalue weighted by Gasteiger charge is -2.36. The summed E-state index contributed by atoms with van der Waals surface area (Å²) in [6.07, 6.45) is 0. The molecule has 2 atom stereocenters. The zero-order valence-corrected chi connectivity index (χ0v) is 6.52. The van der Waals surface area contributed by atoms with Gasteiger partial charge in [-0.2, -0.15) is 0 Å². The van der Waals surface area contributed by atoms with Crippen molar-refractivity contribution >= 4 is 0 Å². The second-order valence-corrected chi connectivity index (χ2v) is 3.02. The van der Waals surface area contributed by atoms with Crippen molar-refractivity contribution in [2.24, 2.45) is 0 Å². The van der Waals surface area contributed by atoms with Crippen LogP contribution in [0.1, 0.15) is 13.8 Å². The van der Waals surface area contributed by atoms with Gasteiger partial charge in [0.1, 0.15) is 0 Å². The van der Waals surface area contributed by atoms with Crippen molar-refractivity contribution < 1.29 is 0 Å². The molecule has 2 heteroatoms. The van der Waals surface area contributed by atoms with Crippen LogP contribution in [0.5, 0.6) is 0 Å². The lowest BCUT2D eigenvalue weighted by Crippen LogP contribution is -2.52. The van der Waals surface area contributed by atoms with Gasteiger partial charge in [0.2, 0.25) is 0 Å². The molecule has 0 aliphatic carbocycles. The first-order chi connectivity index (χ1) is 4.22. The Hall–Kier alpha value is -0.0800. The van der Waals surface area contributed by atoms with E-state index in [0.29, 0.717) is 12.1 Å². The van der Waals surface area contributed by atoms with Gasteiger partial charge in [-0.1, -0.05) is 0 Å². The van der Waals surface area contributed by atoms with E-state index in [2.05, 4.69) is 31.1 Å². The molecule has 0 spiro atoms. The topological polar surface area (TPSA) is 15.3 Å². The van der Waals surface area contributed by atoms with Crippen LogP contribution in [-0.2, 0) is 0 Å². The smallest absolute Gasteiger partial charge is 0.0192 e. The van der Waals surface area contributed by atoms with E-state index in [4.69, 9.17) is 0 Å². The molecule has 1 heterocycles. The fraction of sp³-hybridized carbons (Fsp3) is 1.00. The lowest BCUT2D eigenvalue weighted by atomic mass is 10.1. The molecule has 0 aromatic heterocycles. The molecule has 1 rings (SSSR count). The molecule has 2 unspecified atom stereocenters. The molecule has 1 fully saturated rings. The number of hydrogen-bond donors (Lipinski definition) is 1. The Kier molecular flexibility index (Phi) is 2.09. The predicted molar refractivity (Wildman–Crippen MR) is 39.6 cm³/mol. The van der Waals surface area contributed by atoms with Crippen LogP contribution in [0.25, 0.3) is 0 Å². The van der Waals surface area contributed by atoms with Gasteiger partial charge < -0.3 is 5.32 Å². The van der Waals surface area contributed by atoms with Crippen LogP contribution in [0.3, 0.4) is 0 Å². The maximum Gasteiger partial charge on any atom is 0.0192 e. The van der Waals surface area contributed by atoms with Crippen molar-refractivity contribution in [1.82, 2.24) is 10.2 Å². The van der Waals surface area contributed by atoms with Crippen molar-refractivity contribution in [1.29, 1.82) is 0 Å². The van der Waals surface area contributed by atoms with E-state index in [1.807, 2.05) is 0 Å². The molecule has 0 bridgehead atoms. The molecule has 0 amide bonds. The van der Waals surface area contributed by atoms with Gasteiger partial charge in [-0.3, -0.25) is 4.90 Å². The minimum absolute atomic E-state index is 0.703. The number of likely N-dealkylation sites (N-methyl/N-ethyl adjacent to an activating group) is 1. The SMILES string of the molecule is CC1CNCC(C)N1C. The monoisotopic (exact) mass is 128 g/mol. The Morgan fingerprint density at radius 1 is 1.22 bits per heavy atom. The summed E-state index contributed by atoms with van der Waals surface area (Å²) in [5, 5.41) is 3.37. The van der Waals surface area contributed by atoms with Gasteiger partial charge in [-0.05, 0) is 20.9 Å². The van der Waals surface area contributed by atoms with Gasteiger partial charge in [0.05, 0.1) is 0 Å². The van der Waals surface area contributed by atoms with Crippen molar-refractivity contribution in [3.63, 3.8) is 0 Å². The quantitative estimate of drug-likeness (QED) is 0.504. The summed E-state index contributed by atoms with van der Waals surface area (Å²) < 4.78 is 0. The van der Waals surface area contributed by atoms with E-state index in [9.17, 15) is 0 Å². The van der Waals surface area contributed by atoms with Crippen LogP contribution in [0.2, 0.25) is 0 Å². The number of nitrogens with one attached hydrogen (secondary N) is 1. The minimum Gasteiger partial charge on any atom is -0.314 e. The molecule has 2 nitrogen and oxygen atoms in total. The third-order valence-corrected chi connectivity index (χ3v) is 2.27. The molecule has 9 heavy (non-hydrogen) atoms. The van der Waals surface area contributed by atoms with Crippen LogP contribution in [0.15, 0.2) is 0 Å². The molecular weight excluding hydrogens is 112 g/mol. The summed E-state index contributed by atoms with van der Waals surface area (Å²) in [4.78, 5) is 2.41. The third-order valence-electron chi connectivity index (χ3n) is 2.27. The third kappa shape index (κ3) is 1.43. The molecule has 54 valence electrons. The Labute approximate surface area is 57.2 Å². The van der Waals surface area contributed by atoms with E-state index >= 15 is 0 Å². The molecule has 1 aliphatic rings. The van der Waals surface area contributed by atoms with E-state index < -0.39 is 0 Å². The van der Waals surface area contributed by atoms with Crippen LogP contribution in [0.4, 0.5) is 0 Å². The summed E-state index contributed by atoms with van der Waals surface area (Å²) in [5.41, 5.74) is 0. The average molecular weight is 128 g/mol. The zero-order valence-electron chi connectivity index (χ0n) is 6.52. The Bertz CT molecular complexity index is 82.9. The first-order valence-corrected chi connectivity index (χ1v) is 3.64. The highest BCUT2D eigenvalue weighted by Crippen LogP contribution is 2.04. The summed E-state index contributed by atoms with van der Waals surface area (Å²) in [7, 11) is 2.19. The fourth-order valence-corrected chi connectivity index (χ4v) is 1.22.